The smallest absolute Gasteiger partial charge is 0.147 e. The normalized spacial score (nSPS) is 16.5. The minimum absolute atomic E-state index is 0.0600. The Bertz CT molecular complexity index is 333. The number of hydrogen-bond donors (Lipinski definition) is 1. The highest BCUT2D eigenvalue weighted by atomic mass is 15.4. The number of aryl methyl sites for hydroxylation is 2. The lowest BCUT2D eigenvalue weighted by Crippen LogP contribution is -2.39. The number of aromatic nitrogens is 3. The molecule has 1 heterocycles. The molecule has 2 atom stereocenters. The van der Waals surface area contributed by atoms with Crippen molar-refractivity contribution in [1.29, 1.82) is 0 Å². The van der Waals surface area contributed by atoms with Gasteiger partial charge in [-0.1, -0.05) is 20.8 Å². The van der Waals surface area contributed by atoms with Gasteiger partial charge < -0.3 is 5.73 Å². The Morgan fingerprint density at radius 1 is 1.27 bits per heavy atom. The number of rotatable bonds is 2. The maximum absolute atomic E-state index is 6.04. The molecule has 0 spiro atoms. The van der Waals surface area contributed by atoms with Gasteiger partial charge in [-0.25, -0.2) is 9.67 Å². The topological polar surface area (TPSA) is 56.7 Å². The van der Waals surface area contributed by atoms with Gasteiger partial charge in [-0.15, -0.1) is 0 Å². The van der Waals surface area contributed by atoms with E-state index in [1.165, 1.54) is 0 Å². The van der Waals surface area contributed by atoms with Crippen LogP contribution in [-0.2, 0) is 0 Å². The third-order valence-electron chi connectivity index (χ3n) is 2.56. The minimum atomic E-state index is 0.0600. The summed E-state index contributed by atoms with van der Waals surface area (Å²) < 4.78 is 1.96. The zero-order valence-corrected chi connectivity index (χ0v) is 10.6. The Hall–Kier alpha value is -0.900. The molecule has 0 aliphatic rings. The van der Waals surface area contributed by atoms with Gasteiger partial charge in [-0.05, 0) is 26.2 Å². The van der Waals surface area contributed by atoms with E-state index in [0.29, 0.717) is 0 Å². The maximum Gasteiger partial charge on any atom is 0.147 e. The van der Waals surface area contributed by atoms with Gasteiger partial charge in [0.1, 0.15) is 11.6 Å². The van der Waals surface area contributed by atoms with E-state index in [4.69, 9.17) is 5.73 Å². The van der Waals surface area contributed by atoms with E-state index in [-0.39, 0.29) is 17.5 Å². The first-order chi connectivity index (χ1) is 6.73. The van der Waals surface area contributed by atoms with Crippen LogP contribution in [0.1, 0.15) is 45.4 Å². The lowest BCUT2D eigenvalue weighted by molar-refractivity contribution is 0.192. The predicted molar refractivity (Wildman–Crippen MR) is 61.6 cm³/mol. The molecule has 0 aliphatic heterocycles. The van der Waals surface area contributed by atoms with Crippen LogP contribution in [0.15, 0.2) is 0 Å². The van der Waals surface area contributed by atoms with E-state index in [0.717, 1.165) is 11.6 Å². The van der Waals surface area contributed by atoms with E-state index in [2.05, 4.69) is 30.9 Å². The second-order valence-corrected chi connectivity index (χ2v) is 5.32. The molecule has 0 aliphatic carbocycles. The Balaban J connectivity index is 3.16. The number of nitrogens with two attached hydrogens (primary N) is 1. The molecule has 0 saturated heterocycles. The van der Waals surface area contributed by atoms with Crippen LogP contribution in [0.25, 0.3) is 0 Å². The lowest BCUT2D eigenvalue weighted by Gasteiger charge is -2.34. The van der Waals surface area contributed by atoms with Gasteiger partial charge >= 0.3 is 0 Å². The fourth-order valence-electron chi connectivity index (χ4n) is 2.18. The van der Waals surface area contributed by atoms with E-state index in [1.54, 1.807) is 0 Å². The summed E-state index contributed by atoms with van der Waals surface area (Å²) in [6, 6.07) is 0.239. The summed E-state index contributed by atoms with van der Waals surface area (Å²) in [6.07, 6.45) is 0. The molecular weight excluding hydrogens is 188 g/mol. The maximum atomic E-state index is 6.04. The molecule has 4 nitrogen and oxygen atoms in total. The monoisotopic (exact) mass is 210 g/mol. The average molecular weight is 210 g/mol. The fraction of sp³-hybridized carbons (Fsp3) is 0.818. The molecule has 86 valence electrons. The SMILES string of the molecule is Cc1nc(C)n(C(C(C)N)C(C)(C)C)n1. The summed E-state index contributed by atoms with van der Waals surface area (Å²) in [6.45, 7) is 12.4. The molecule has 1 aromatic heterocycles. The van der Waals surface area contributed by atoms with Crippen LogP contribution in [0, 0.1) is 19.3 Å². The summed E-state index contributed by atoms with van der Waals surface area (Å²) in [4.78, 5) is 4.32. The van der Waals surface area contributed by atoms with Gasteiger partial charge in [0.15, 0.2) is 0 Å². The summed E-state index contributed by atoms with van der Waals surface area (Å²) >= 11 is 0. The Morgan fingerprint density at radius 2 is 1.80 bits per heavy atom. The summed E-state index contributed by atoms with van der Waals surface area (Å²) in [5.41, 5.74) is 6.13. The first kappa shape index (κ1) is 12.2. The highest BCUT2D eigenvalue weighted by molar-refractivity contribution is 4.95. The number of nitrogens with zero attached hydrogens (tertiary/aromatic N) is 3. The molecule has 0 bridgehead atoms. The van der Waals surface area contributed by atoms with Gasteiger partial charge in [0, 0.05) is 6.04 Å². The van der Waals surface area contributed by atoms with Crippen LogP contribution >= 0.6 is 0 Å². The van der Waals surface area contributed by atoms with Crippen LogP contribution < -0.4 is 5.73 Å². The molecule has 15 heavy (non-hydrogen) atoms. The molecule has 2 unspecified atom stereocenters. The van der Waals surface area contributed by atoms with Gasteiger partial charge in [-0.3, -0.25) is 0 Å². The molecule has 4 heteroatoms. The standard InChI is InChI=1S/C11H22N4/c1-7(12)10(11(4,5)6)15-9(3)13-8(2)14-15/h7,10H,12H2,1-6H3. The highest BCUT2D eigenvalue weighted by Gasteiger charge is 2.31. The van der Waals surface area contributed by atoms with Crippen molar-refractivity contribution in [2.24, 2.45) is 11.1 Å². The van der Waals surface area contributed by atoms with Crippen molar-refractivity contribution >= 4 is 0 Å². The molecule has 0 radical (unpaired) electrons. The summed E-state index contributed by atoms with van der Waals surface area (Å²) in [5.74, 6) is 1.74. The van der Waals surface area contributed by atoms with Crippen molar-refractivity contribution in [3.05, 3.63) is 11.6 Å². The highest BCUT2D eigenvalue weighted by Crippen LogP contribution is 2.32. The van der Waals surface area contributed by atoms with Crippen molar-refractivity contribution in [3.8, 4) is 0 Å². The van der Waals surface area contributed by atoms with Gasteiger partial charge in [0.05, 0.1) is 6.04 Å². The molecule has 2 N–H and O–H groups in total. The molecule has 0 aromatic carbocycles. The Morgan fingerprint density at radius 3 is 2.07 bits per heavy atom. The second-order valence-electron chi connectivity index (χ2n) is 5.32. The van der Waals surface area contributed by atoms with E-state index in [1.807, 2.05) is 25.5 Å². The van der Waals surface area contributed by atoms with Crippen molar-refractivity contribution in [2.75, 3.05) is 0 Å². The van der Waals surface area contributed by atoms with E-state index in [9.17, 15) is 0 Å². The molecular formula is C11H22N4. The zero-order valence-electron chi connectivity index (χ0n) is 10.6. The van der Waals surface area contributed by atoms with Crippen molar-refractivity contribution in [2.45, 2.75) is 53.6 Å². The van der Waals surface area contributed by atoms with Gasteiger partial charge in [0.25, 0.3) is 0 Å². The van der Waals surface area contributed by atoms with Gasteiger partial charge in [0.2, 0.25) is 0 Å². The van der Waals surface area contributed by atoms with Crippen molar-refractivity contribution < 1.29 is 0 Å². The Kier molecular flexibility index (Phi) is 3.19. The first-order valence-corrected chi connectivity index (χ1v) is 5.39. The van der Waals surface area contributed by atoms with Crippen LogP contribution in [-0.4, -0.2) is 20.8 Å². The molecule has 0 fully saturated rings. The predicted octanol–water partition coefficient (Wildman–Crippen LogP) is 1.83. The van der Waals surface area contributed by atoms with Crippen LogP contribution in [0.4, 0.5) is 0 Å². The number of hydrogen-bond acceptors (Lipinski definition) is 3. The quantitative estimate of drug-likeness (QED) is 0.810. The molecule has 1 aromatic rings. The van der Waals surface area contributed by atoms with Crippen molar-refractivity contribution in [1.82, 2.24) is 14.8 Å². The average Bonchev–Trinajstić information content (AvgIpc) is 2.26. The van der Waals surface area contributed by atoms with Gasteiger partial charge in [-0.2, -0.15) is 5.10 Å². The van der Waals surface area contributed by atoms with E-state index < -0.39 is 0 Å². The summed E-state index contributed by atoms with van der Waals surface area (Å²) in [7, 11) is 0. The molecule has 0 saturated carbocycles. The molecule has 1 rings (SSSR count). The third kappa shape index (κ3) is 2.56. The lowest BCUT2D eigenvalue weighted by atomic mass is 9.83. The van der Waals surface area contributed by atoms with Crippen molar-refractivity contribution in [3.63, 3.8) is 0 Å². The first-order valence-electron chi connectivity index (χ1n) is 5.39. The summed E-state index contributed by atoms with van der Waals surface area (Å²) in [5, 5.41) is 4.42. The third-order valence-corrected chi connectivity index (χ3v) is 2.56. The van der Waals surface area contributed by atoms with E-state index >= 15 is 0 Å². The molecule has 0 amide bonds. The largest absolute Gasteiger partial charge is 0.326 e. The van der Waals surface area contributed by atoms with Crippen LogP contribution in [0.2, 0.25) is 0 Å². The Labute approximate surface area is 91.9 Å². The fourth-order valence-corrected chi connectivity index (χ4v) is 2.18. The minimum Gasteiger partial charge on any atom is -0.326 e. The second kappa shape index (κ2) is 3.93. The zero-order chi connectivity index (χ0) is 11.8. The van der Waals surface area contributed by atoms with Crippen LogP contribution in [0.5, 0.6) is 0 Å². The van der Waals surface area contributed by atoms with Crippen LogP contribution in [0.3, 0.4) is 0 Å².